The van der Waals surface area contributed by atoms with Crippen LogP contribution in [-0.4, -0.2) is 31.5 Å². The van der Waals surface area contributed by atoms with Gasteiger partial charge in [-0.15, -0.1) is 0 Å². The topological polar surface area (TPSA) is 67.4 Å². The first-order valence-corrected chi connectivity index (χ1v) is 9.40. The third-order valence-electron chi connectivity index (χ3n) is 4.40. The van der Waals surface area contributed by atoms with E-state index in [1.54, 1.807) is 20.1 Å². The SMILES string of the molecule is CCCCC(CC)CNC(=O)C(C)NC(=O)/C=C/c1ccc(OC)cc1. The van der Waals surface area contributed by atoms with E-state index in [-0.39, 0.29) is 11.8 Å². The van der Waals surface area contributed by atoms with Gasteiger partial charge in [0.1, 0.15) is 11.8 Å². The zero-order valence-electron chi connectivity index (χ0n) is 16.4. The van der Waals surface area contributed by atoms with Crippen molar-refractivity contribution in [1.82, 2.24) is 10.6 Å². The molecule has 0 saturated carbocycles. The molecule has 1 rings (SSSR count). The Hall–Kier alpha value is -2.30. The van der Waals surface area contributed by atoms with Gasteiger partial charge >= 0.3 is 0 Å². The summed E-state index contributed by atoms with van der Waals surface area (Å²) >= 11 is 0. The molecular weight excluding hydrogens is 328 g/mol. The molecule has 0 fully saturated rings. The highest BCUT2D eigenvalue weighted by atomic mass is 16.5. The van der Waals surface area contributed by atoms with Crippen molar-refractivity contribution in [1.29, 1.82) is 0 Å². The summed E-state index contributed by atoms with van der Waals surface area (Å²) in [5.41, 5.74) is 0.889. The van der Waals surface area contributed by atoms with Gasteiger partial charge in [0.15, 0.2) is 0 Å². The van der Waals surface area contributed by atoms with E-state index in [0.29, 0.717) is 12.5 Å². The maximum atomic E-state index is 12.2. The van der Waals surface area contributed by atoms with Gasteiger partial charge in [0.25, 0.3) is 0 Å². The summed E-state index contributed by atoms with van der Waals surface area (Å²) in [5, 5.41) is 5.64. The quantitative estimate of drug-likeness (QED) is 0.593. The molecule has 0 spiro atoms. The monoisotopic (exact) mass is 360 g/mol. The molecule has 0 heterocycles. The number of carbonyl (C=O) groups is 2. The smallest absolute Gasteiger partial charge is 0.244 e. The van der Waals surface area contributed by atoms with Crippen LogP contribution in [0, 0.1) is 5.92 Å². The van der Waals surface area contributed by atoms with Gasteiger partial charge in [-0.2, -0.15) is 0 Å². The largest absolute Gasteiger partial charge is 0.497 e. The molecule has 2 N–H and O–H groups in total. The fourth-order valence-corrected chi connectivity index (χ4v) is 2.56. The van der Waals surface area contributed by atoms with Crippen LogP contribution in [0.15, 0.2) is 30.3 Å². The molecule has 2 atom stereocenters. The lowest BCUT2D eigenvalue weighted by molar-refractivity contribution is -0.126. The van der Waals surface area contributed by atoms with E-state index in [1.165, 1.54) is 12.5 Å². The molecule has 0 radical (unpaired) electrons. The molecule has 0 aliphatic carbocycles. The second-order valence-electron chi connectivity index (χ2n) is 6.50. The third kappa shape index (κ3) is 8.19. The molecule has 0 aliphatic rings. The molecule has 2 unspecified atom stereocenters. The lowest BCUT2D eigenvalue weighted by Gasteiger charge is -2.18. The minimum Gasteiger partial charge on any atom is -0.497 e. The molecule has 0 bridgehead atoms. The van der Waals surface area contributed by atoms with Crippen LogP contribution in [0.4, 0.5) is 0 Å². The molecule has 1 aromatic rings. The number of benzene rings is 1. The van der Waals surface area contributed by atoms with E-state index in [2.05, 4.69) is 24.5 Å². The number of hydrogen-bond donors (Lipinski definition) is 2. The minimum atomic E-state index is -0.563. The van der Waals surface area contributed by atoms with Crippen LogP contribution < -0.4 is 15.4 Å². The van der Waals surface area contributed by atoms with Crippen molar-refractivity contribution in [2.45, 2.75) is 52.5 Å². The van der Waals surface area contributed by atoms with Gasteiger partial charge in [-0.25, -0.2) is 0 Å². The highest BCUT2D eigenvalue weighted by molar-refractivity contribution is 5.95. The summed E-state index contributed by atoms with van der Waals surface area (Å²) in [4.78, 5) is 24.1. The van der Waals surface area contributed by atoms with Crippen molar-refractivity contribution < 1.29 is 14.3 Å². The zero-order chi connectivity index (χ0) is 19.4. The fraction of sp³-hybridized carbons (Fsp3) is 0.524. The lowest BCUT2D eigenvalue weighted by atomic mass is 9.99. The van der Waals surface area contributed by atoms with Crippen LogP contribution in [0.25, 0.3) is 6.08 Å². The Bertz CT molecular complexity index is 581. The summed E-state index contributed by atoms with van der Waals surface area (Å²) in [6.45, 7) is 6.67. The summed E-state index contributed by atoms with van der Waals surface area (Å²) in [6.07, 6.45) is 7.65. The Kier molecular flexibility index (Phi) is 10.1. The summed E-state index contributed by atoms with van der Waals surface area (Å²) in [7, 11) is 1.61. The number of unbranched alkanes of at least 4 members (excludes halogenated alkanes) is 1. The zero-order valence-corrected chi connectivity index (χ0v) is 16.4. The maximum absolute atomic E-state index is 12.2. The number of rotatable bonds is 11. The highest BCUT2D eigenvalue weighted by Gasteiger charge is 2.15. The van der Waals surface area contributed by atoms with E-state index in [4.69, 9.17) is 4.74 Å². The average molecular weight is 360 g/mol. The van der Waals surface area contributed by atoms with Crippen molar-refractivity contribution >= 4 is 17.9 Å². The van der Waals surface area contributed by atoms with E-state index in [1.807, 2.05) is 24.3 Å². The summed E-state index contributed by atoms with van der Waals surface area (Å²) < 4.78 is 5.10. The van der Waals surface area contributed by atoms with Gasteiger partial charge in [0.05, 0.1) is 7.11 Å². The molecule has 0 aromatic heterocycles. The third-order valence-corrected chi connectivity index (χ3v) is 4.40. The maximum Gasteiger partial charge on any atom is 0.244 e. The highest BCUT2D eigenvalue weighted by Crippen LogP contribution is 2.12. The minimum absolute atomic E-state index is 0.147. The Morgan fingerprint density at radius 3 is 2.46 bits per heavy atom. The van der Waals surface area contributed by atoms with Gasteiger partial charge in [-0.3, -0.25) is 9.59 Å². The summed E-state index contributed by atoms with van der Waals surface area (Å²) in [5.74, 6) is 0.825. The Morgan fingerprint density at radius 2 is 1.88 bits per heavy atom. The first-order valence-electron chi connectivity index (χ1n) is 9.40. The van der Waals surface area contributed by atoms with Crippen molar-refractivity contribution in [2.24, 2.45) is 5.92 Å². The first-order chi connectivity index (χ1) is 12.5. The number of amides is 2. The fourth-order valence-electron chi connectivity index (χ4n) is 2.56. The number of nitrogens with one attached hydrogen (secondary N) is 2. The first kappa shape index (κ1) is 21.7. The van der Waals surface area contributed by atoms with Crippen LogP contribution in [0.5, 0.6) is 5.75 Å². The number of ether oxygens (including phenoxy) is 1. The van der Waals surface area contributed by atoms with Crippen LogP contribution in [0.2, 0.25) is 0 Å². The second-order valence-corrected chi connectivity index (χ2v) is 6.50. The average Bonchev–Trinajstić information content (AvgIpc) is 2.66. The van der Waals surface area contributed by atoms with Gasteiger partial charge in [0.2, 0.25) is 11.8 Å². The van der Waals surface area contributed by atoms with Gasteiger partial charge < -0.3 is 15.4 Å². The van der Waals surface area contributed by atoms with E-state index < -0.39 is 6.04 Å². The normalized spacial score (nSPS) is 13.2. The van der Waals surface area contributed by atoms with Crippen molar-refractivity contribution in [2.75, 3.05) is 13.7 Å². The molecule has 144 valence electrons. The predicted octanol–water partition coefficient (Wildman–Crippen LogP) is 3.55. The van der Waals surface area contributed by atoms with Crippen LogP contribution in [0.3, 0.4) is 0 Å². The van der Waals surface area contributed by atoms with Gasteiger partial charge in [-0.1, -0.05) is 45.2 Å². The Balaban J connectivity index is 2.41. The number of carbonyl (C=O) groups excluding carboxylic acids is 2. The standard InChI is InChI=1S/C21H32N2O3/c1-5-7-8-17(6-2)15-22-21(25)16(3)23-20(24)14-11-18-9-12-19(26-4)13-10-18/h9-14,16-17H,5-8,15H2,1-4H3,(H,22,25)(H,23,24)/b14-11+. The predicted molar refractivity (Wildman–Crippen MR) is 106 cm³/mol. The van der Waals surface area contributed by atoms with Crippen molar-refractivity contribution in [3.63, 3.8) is 0 Å². The second kappa shape index (κ2) is 12.1. The lowest BCUT2D eigenvalue weighted by Crippen LogP contribution is -2.45. The van der Waals surface area contributed by atoms with E-state index in [9.17, 15) is 9.59 Å². The molecule has 0 saturated heterocycles. The van der Waals surface area contributed by atoms with E-state index >= 15 is 0 Å². The summed E-state index contributed by atoms with van der Waals surface area (Å²) in [6, 6.07) is 6.82. The molecule has 26 heavy (non-hydrogen) atoms. The van der Waals surface area contributed by atoms with Crippen LogP contribution >= 0.6 is 0 Å². The van der Waals surface area contributed by atoms with Gasteiger partial charge in [0, 0.05) is 12.6 Å². The number of methoxy groups -OCH3 is 1. The Labute approximate surface area is 157 Å². The molecule has 5 nitrogen and oxygen atoms in total. The molecule has 5 heteroatoms. The van der Waals surface area contributed by atoms with Crippen molar-refractivity contribution in [3.8, 4) is 5.75 Å². The number of hydrogen-bond acceptors (Lipinski definition) is 3. The van der Waals surface area contributed by atoms with Crippen LogP contribution in [-0.2, 0) is 9.59 Å². The molecule has 1 aromatic carbocycles. The van der Waals surface area contributed by atoms with Gasteiger partial charge in [-0.05, 0) is 43.0 Å². The molecular formula is C21H32N2O3. The van der Waals surface area contributed by atoms with Crippen molar-refractivity contribution in [3.05, 3.63) is 35.9 Å². The van der Waals surface area contributed by atoms with Crippen LogP contribution in [0.1, 0.15) is 52.0 Å². The molecule has 0 aliphatic heterocycles. The van der Waals surface area contributed by atoms with E-state index in [0.717, 1.165) is 30.6 Å². The Morgan fingerprint density at radius 1 is 1.19 bits per heavy atom. The molecule has 2 amide bonds.